The number of hydrogen-bond donors (Lipinski definition) is 1. The zero-order chi connectivity index (χ0) is 13.7. The molecule has 0 saturated carbocycles. The van der Waals surface area contributed by atoms with Crippen LogP contribution in [0.2, 0.25) is 5.02 Å². The molecule has 4 nitrogen and oxygen atoms in total. The highest BCUT2D eigenvalue weighted by atomic mass is 35.5. The summed E-state index contributed by atoms with van der Waals surface area (Å²) < 4.78 is 0. The molecule has 0 aliphatic heterocycles. The first kappa shape index (κ1) is 14.3. The Balaban J connectivity index is 3.02. The first-order chi connectivity index (χ1) is 8.49. The lowest BCUT2D eigenvalue weighted by molar-refractivity contribution is -0.137. The Morgan fingerprint density at radius 1 is 1.61 bits per heavy atom. The van der Waals surface area contributed by atoms with Crippen molar-refractivity contribution in [1.29, 1.82) is 5.26 Å². The molecule has 96 valence electrons. The summed E-state index contributed by atoms with van der Waals surface area (Å²) in [4.78, 5) is 12.7. The second-order valence-corrected chi connectivity index (χ2v) is 4.42. The highest BCUT2D eigenvalue weighted by Crippen LogP contribution is 2.28. The fourth-order valence-electron chi connectivity index (χ4n) is 1.89. The molecule has 5 heteroatoms. The third-order valence-corrected chi connectivity index (χ3v) is 3.03. The monoisotopic (exact) mass is 266 g/mol. The molecule has 18 heavy (non-hydrogen) atoms. The van der Waals surface area contributed by atoms with E-state index < -0.39 is 5.97 Å². The Bertz CT molecular complexity index is 482. The van der Waals surface area contributed by atoms with Gasteiger partial charge in [-0.3, -0.25) is 4.79 Å². The molecule has 0 aromatic heterocycles. The van der Waals surface area contributed by atoms with Gasteiger partial charge in [0.25, 0.3) is 0 Å². The smallest absolute Gasteiger partial charge is 0.305 e. The van der Waals surface area contributed by atoms with Crippen LogP contribution in [0.5, 0.6) is 0 Å². The van der Waals surface area contributed by atoms with Gasteiger partial charge in [0.1, 0.15) is 0 Å². The molecule has 1 unspecified atom stereocenters. The summed E-state index contributed by atoms with van der Waals surface area (Å²) in [5.74, 6) is -0.842. The number of nitrogens with zero attached hydrogens (tertiary/aromatic N) is 2. The fraction of sp³-hybridized carbons (Fsp3) is 0.385. The number of halogens is 1. The van der Waals surface area contributed by atoms with E-state index in [0.717, 1.165) is 5.69 Å². The molecule has 1 N–H and O–H groups in total. The summed E-state index contributed by atoms with van der Waals surface area (Å²) in [6.45, 7) is 4.43. The number of hydrogen-bond acceptors (Lipinski definition) is 3. The van der Waals surface area contributed by atoms with Crippen molar-refractivity contribution in [3.05, 3.63) is 28.8 Å². The fourth-order valence-corrected chi connectivity index (χ4v) is 2.18. The lowest BCUT2D eigenvalue weighted by Gasteiger charge is -2.30. The van der Waals surface area contributed by atoms with Crippen LogP contribution in [0, 0.1) is 11.3 Å². The van der Waals surface area contributed by atoms with E-state index >= 15 is 0 Å². The molecule has 0 aliphatic rings. The van der Waals surface area contributed by atoms with Gasteiger partial charge < -0.3 is 10.0 Å². The second kappa shape index (κ2) is 6.27. The largest absolute Gasteiger partial charge is 0.481 e. The van der Waals surface area contributed by atoms with E-state index in [4.69, 9.17) is 22.0 Å². The lowest BCUT2D eigenvalue weighted by Crippen LogP contribution is -2.34. The van der Waals surface area contributed by atoms with Crippen LogP contribution in [-0.2, 0) is 4.79 Å². The van der Waals surface area contributed by atoms with Gasteiger partial charge in [-0.25, -0.2) is 0 Å². The van der Waals surface area contributed by atoms with Gasteiger partial charge in [-0.1, -0.05) is 11.6 Å². The van der Waals surface area contributed by atoms with Gasteiger partial charge >= 0.3 is 5.97 Å². The molecule has 1 aromatic carbocycles. The Kier molecular flexibility index (Phi) is 4.99. The van der Waals surface area contributed by atoms with Crippen molar-refractivity contribution in [2.75, 3.05) is 11.4 Å². The van der Waals surface area contributed by atoms with Gasteiger partial charge in [0.2, 0.25) is 0 Å². The Morgan fingerprint density at radius 2 is 2.28 bits per heavy atom. The summed E-state index contributed by atoms with van der Waals surface area (Å²) >= 11 is 6.12. The summed E-state index contributed by atoms with van der Waals surface area (Å²) in [7, 11) is 0. The molecule has 1 atom stereocenters. The topological polar surface area (TPSA) is 64.3 Å². The van der Waals surface area contributed by atoms with Crippen LogP contribution in [0.3, 0.4) is 0 Å². The van der Waals surface area contributed by atoms with E-state index in [-0.39, 0.29) is 12.5 Å². The van der Waals surface area contributed by atoms with E-state index in [1.807, 2.05) is 24.8 Å². The molecule has 0 bridgehead atoms. The predicted octanol–water partition coefficient (Wildman–Crippen LogP) is 2.90. The van der Waals surface area contributed by atoms with Crippen LogP contribution in [0.15, 0.2) is 18.2 Å². The van der Waals surface area contributed by atoms with E-state index in [9.17, 15) is 4.79 Å². The lowest BCUT2D eigenvalue weighted by atomic mass is 10.1. The van der Waals surface area contributed by atoms with Crippen LogP contribution in [0.1, 0.15) is 25.8 Å². The first-order valence-corrected chi connectivity index (χ1v) is 6.05. The zero-order valence-corrected chi connectivity index (χ0v) is 11.1. The van der Waals surface area contributed by atoms with Crippen LogP contribution in [0.25, 0.3) is 0 Å². The number of rotatable bonds is 5. The first-order valence-electron chi connectivity index (χ1n) is 5.67. The standard InChI is InChI=1S/C13H15ClN2O2/c1-3-16(9(2)6-13(17)18)12-5-4-10(8-15)7-11(12)14/h4-5,7,9H,3,6H2,1-2H3,(H,17,18). The van der Waals surface area contributed by atoms with Gasteiger partial charge in [0.05, 0.1) is 28.8 Å². The van der Waals surface area contributed by atoms with Crippen molar-refractivity contribution in [3.63, 3.8) is 0 Å². The molecule has 0 saturated heterocycles. The van der Waals surface area contributed by atoms with Gasteiger partial charge in [0.15, 0.2) is 0 Å². The number of aliphatic carboxylic acids is 1. The molecule has 0 radical (unpaired) electrons. The molecule has 1 rings (SSSR count). The number of nitriles is 1. The maximum absolute atomic E-state index is 10.7. The number of benzene rings is 1. The molecule has 0 aliphatic carbocycles. The maximum atomic E-state index is 10.7. The van der Waals surface area contributed by atoms with Crippen molar-refractivity contribution in [1.82, 2.24) is 0 Å². The molecule has 0 amide bonds. The van der Waals surface area contributed by atoms with Gasteiger partial charge in [-0.2, -0.15) is 5.26 Å². The molecular formula is C13H15ClN2O2. The van der Waals surface area contributed by atoms with Gasteiger partial charge in [-0.05, 0) is 32.0 Å². The number of carboxylic acid groups (broad SMARTS) is 1. The maximum Gasteiger partial charge on any atom is 0.305 e. The SMILES string of the molecule is CCN(c1ccc(C#N)cc1Cl)C(C)CC(=O)O. The van der Waals surface area contributed by atoms with E-state index in [0.29, 0.717) is 17.1 Å². The van der Waals surface area contributed by atoms with Crippen molar-refractivity contribution in [3.8, 4) is 6.07 Å². The normalized spacial score (nSPS) is 11.7. The quantitative estimate of drug-likeness (QED) is 0.890. The van der Waals surface area contributed by atoms with E-state index in [1.54, 1.807) is 18.2 Å². The zero-order valence-electron chi connectivity index (χ0n) is 10.4. The summed E-state index contributed by atoms with van der Waals surface area (Å²) in [6.07, 6.45) is 0.0458. The number of carbonyl (C=O) groups is 1. The van der Waals surface area contributed by atoms with E-state index in [2.05, 4.69) is 0 Å². The molecule has 1 aromatic rings. The van der Waals surface area contributed by atoms with Crippen molar-refractivity contribution >= 4 is 23.3 Å². The van der Waals surface area contributed by atoms with Crippen LogP contribution in [0.4, 0.5) is 5.69 Å². The van der Waals surface area contributed by atoms with Gasteiger partial charge in [-0.15, -0.1) is 0 Å². The predicted molar refractivity (Wildman–Crippen MR) is 70.9 cm³/mol. The molecular weight excluding hydrogens is 252 g/mol. The Morgan fingerprint density at radius 3 is 2.72 bits per heavy atom. The average Bonchev–Trinajstić information content (AvgIpc) is 2.31. The minimum atomic E-state index is -0.842. The summed E-state index contributed by atoms with van der Waals surface area (Å²) in [5.41, 5.74) is 1.25. The summed E-state index contributed by atoms with van der Waals surface area (Å²) in [6, 6.07) is 6.88. The molecule has 0 fully saturated rings. The second-order valence-electron chi connectivity index (χ2n) is 4.01. The third-order valence-electron chi connectivity index (χ3n) is 2.73. The van der Waals surface area contributed by atoms with Crippen molar-refractivity contribution in [2.45, 2.75) is 26.3 Å². The van der Waals surface area contributed by atoms with Gasteiger partial charge in [0, 0.05) is 12.6 Å². The minimum absolute atomic E-state index is 0.0458. The summed E-state index contributed by atoms with van der Waals surface area (Å²) in [5, 5.41) is 18.1. The van der Waals surface area contributed by atoms with Crippen LogP contribution in [-0.4, -0.2) is 23.7 Å². The minimum Gasteiger partial charge on any atom is -0.481 e. The molecule has 0 spiro atoms. The number of anilines is 1. The number of carboxylic acids is 1. The Hall–Kier alpha value is -1.73. The van der Waals surface area contributed by atoms with Crippen molar-refractivity contribution < 1.29 is 9.90 Å². The van der Waals surface area contributed by atoms with E-state index in [1.165, 1.54) is 0 Å². The Labute approximate surface area is 111 Å². The molecule has 0 heterocycles. The van der Waals surface area contributed by atoms with Crippen molar-refractivity contribution in [2.24, 2.45) is 0 Å². The highest BCUT2D eigenvalue weighted by molar-refractivity contribution is 6.33. The highest BCUT2D eigenvalue weighted by Gasteiger charge is 2.18. The third kappa shape index (κ3) is 3.38. The average molecular weight is 267 g/mol. The van der Waals surface area contributed by atoms with Crippen LogP contribution < -0.4 is 4.90 Å². The van der Waals surface area contributed by atoms with Crippen LogP contribution >= 0.6 is 11.6 Å².